The summed E-state index contributed by atoms with van der Waals surface area (Å²) in [5.74, 6) is -2.14. The molecule has 1 aromatic carbocycles. The van der Waals surface area contributed by atoms with Crippen molar-refractivity contribution in [3.8, 4) is 0 Å². The van der Waals surface area contributed by atoms with Crippen molar-refractivity contribution in [1.29, 1.82) is 0 Å². The summed E-state index contributed by atoms with van der Waals surface area (Å²) in [6.45, 7) is 5.17. The number of nitrogens with one attached hydrogen (secondary N) is 1. The van der Waals surface area contributed by atoms with E-state index >= 15 is 0 Å². The Kier molecular flexibility index (Phi) is 5.03. The van der Waals surface area contributed by atoms with Crippen LogP contribution in [0.1, 0.15) is 36.2 Å². The molecule has 0 aliphatic rings. The van der Waals surface area contributed by atoms with Crippen molar-refractivity contribution in [3.05, 3.63) is 35.1 Å². The van der Waals surface area contributed by atoms with E-state index in [2.05, 4.69) is 5.32 Å². The number of hydrogen-bond donors (Lipinski definition) is 2. The van der Waals surface area contributed by atoms with Crippen LogP contribution >= 0.6 is 0 Å². The minimum Gasteiger partial charge on any atom is -0.480 e. The largest absolute Gasteiger partial charge is 0.480 e. The minimum absolute atomic E-state index is 0.178. The van der Waals surface area contributed by atoms with Crippen molar-refractivity contribution >= 4 is 11.9 Å². The maximum atomic E-state index is 13.1. The van der Waals surface area contributed by atoms with E-state index in [1.54, 1.807) is 13.8 Å². The van der Waals surface area contributed by atoms with Crippen LogP contribution in [0.25, 0.3) is 0 Å². The zero-order valence-corrected chi connectivity index (χ0v) is 11.2. The molecular formula is C14H18FNO3. The first-order valence-electron chi connectivity index (χ1n) is 6.16. The van der Waals surface area contributed by atoms with Gasteiger partial charge in [-0.15, -0.1) is 0 Å². The second kappa shape index (κ2) is 6.31. The molecule has 1 rings (SSSR count). The van der Waals surface area contributed by atoms with Crippen LogP contribution in [0.2, 0.25) is 0 Å². The lowest BCUT2D eigenvalue weighted by molar-refractivity contribution is -0.140. The number of carbonyl (C=O) groups excluding carboxylic acids is 1. The Hall–Kier alpha value is -1.91. The number of carboxylic acids is 1. The Morgan fingerprint density at radius 1 is 1.42 bits per heavy atom. The van der Waals surface area contributed by atoms with Gasteiger partial charge >= 0.3 is 5.97 Å². The smallest absolute Gasteiger partial charge is 0.326 e. The molecule has 0 saturated heterocycles. The van der Waals surface area contributed by atoms with Crippen LogP contribution in [0.4, 0.5) is 4.39 Å². The molecule has 0 bridgehead atoms. The van der Waals surface area contributed by atoms with Crippen molar-refractivity contribution in [3.63, 3.8) is 0 Å². The maximum Gasteiger partial charge on any atom is 0.326 e. The fourth-order valence-corrected chi connectivity index (χ4v) is 1.69. The third-order valence-electron chi connectivity index (χ3n) is 3.19. The third-order valence-corrected chi connectivity index (χ3v) is 3.19. The molecule has 0 fully saturated rings. The van der Waals surface area contributed by atoms with E-state index in [4.69, 9.17) is 5.11 Å². The number of aryl methyl sites for hydroxylation is 1. The van der Waals surface area contributed by atoms with Gasteiger partial charge in [-0.2, -0.15) is 0 Å². The van der Waals surface area contributed by atoms with Crippen molar-refractivity contribution in [2.75, 3.05) is 0 Å². The quantitative estimate of drug-likeness (QED) is 0.860. The topological polar surface area (TPSA) is 66.4 Å². The third kappa shape index (κ3) is 3.77. The van der Waals surface area contributed by atoms with E-state index < -0.39 is 23.7 Å². The van der Waals surface area contributed by atoms with Gasteiger partial charge in [0.1, 0.15) is 11.9 Å². The molecular weight excluding hydrogens is 249 g/mol. The predicted octanol–water partition coefficient (Wildman–Crippen LogP) is 2.36. The van der Waals surface area contributed by atoms with Crippen LogP contribution in [-0.4, -0.2) is 23.0 Å². The number of hydrogen-bond acceptors (Lipinski definition) is 2. The molecule has 19 heavy (non-hydrogen) atoms. The van der Waals surface area contributed by atoms with Gasteiger partial charge in [0.25, 0.3) is 5.91 Å². The first-order chi connectivity index (χ1) is 8.86. The standard InChI is InChI=1S/C14H18FNO3/c1-4-8(2)12(14(18)19)16-13(17)10-5-6-11(15)9(3)7-10/h5-8,12H,4H2,1-3H3,(H,16,17)(H,18,19)/t8-,12-/m0/s1. The highest BCUT2D eigenvalue weighted by Crippen LogP contribution is 2.12. The van der Waals surface area contributed by atoms with Gasteiger partial charge in [0, 0.05) is 5.56 Å². The lowest BCUT2D eigenvalue weighted by atomic mass is 9.99. The summed E-state index contributed by atoms with van der Waals surface area (Å²) in [5.41, 5.74) is 0.608. The van der Waals surface area contributed by atoms with E-state index in [-0.39, 0.29) is 11.5 Å². The lowest BCUT2D eigenvalue weighted by Crippen LogP contribution is -2.45. The highest BCUT2D eigenvalue weighted by molar-refractivity contribution is 5.96. The van der Waals surface area contributed by atoms with Gasteiger partial charge in [-0.3, -0.25) is 4.79 Å². The molecule has 0 aliphatic heterocycles. The van der Waals surface area contributed by atoms with Gasteiger partial charge in [0.05, 0.1) is 0 Å². The summed E-state index contributed by atoms with van der Waals surface area (Å²) in [4.78, 5) is 23.1. The zero-order chi connectivity index (χ0) is 14.6. The zero-order valence-electron chi connectivity index (χ0n) is 11.2. The molecule has 4 nitrogen and oxygen atoms in total. The van der Waals surface area contributed by atoms with Crippen molar-refractivity contribution in [2.45, 2.75) is 33.2 Å². The number of aliphatic carboxylic acids is 1. The van der Waals surface area contributed by atoms with E-state index in [9.17, 15) is 14.0 Å². The maximum absolute atomic E-state index is 13.1. The van der Waals surface area contributed by atoms with E-state index in [1.165, 1.54) is 18.2 Å². The molecule has 1 aromatic rings. The van der Waals surface area contributed by atoms with Gasteiger partial charge < -0.3 is 10.4 Å². The first kappa shape index (κ1) is 15.1. The fourth-order valence-electron chi connectivity index (χ4n) is 1.69. The minimum atomic E-state index is -1.07. The van der Waals surface area contributed by atoms with Crippen LogP contribution in [0.15, 0.2) is 18.2 Å². The average Bonchev–Trinajstić information content (AvgIpc) is 2.37. The summed E-state index contributed by atoms with van der Waals surface area (Å²) in [5, 5.41) is 11.6. The average molecular weight is 267 g/mol. The van der Waals surface area contributed by atoms with E-state index in [0.29, 0.717) is 12.0 Å². The molecule has 1 amide bonds. The van der Waals surface area contributed by atoms with Gasteiger partial charge in [-0.05, 0) is 36.6 Å². The summed E-state index contributed by atoms with van der Waals surface area (Å²) in [6.07, 6.45) is 0.639. The normalized spacial score (nSPS) is 13.7. The molecule has 0 radical (unpaired) electrons. The van der Waals surface area contributed by atoms with Crippen LogP contribution < -0.4 is 5.32 Å². The van der Waals surface area contributed by atoms with Gasteiger partial charge in [-0.25, -0.2) is 9.18 Å². The Morgan fingerprint density at radius 2 is 2.05 bits per heavy atom. The van der Waals surface area contributed by atoms with Crippen LogP contribution in [0.3, 0.4) is 0 Å². The van der Waals surface area contributed by atoms with Crippen LogP contribution in [-0.2, 0) is 4.79 Å². The molecule has 0 unspecified atom stereocenters. The molecule has 0 saturated carbocycles. The van der Waals surface area contributed by atoms with Gasteiger partial charge in [0.2, 0.25) is 0 Å². The predicted molar refractivity (Wildman–Crippen MR) is 69.5 cm³/mol. The monoisotopic (exact) mass is 267 g/mol. The van der Waals surface area contributed by atoms with Crippen molar-refractivity contribution in [2.24, 2.45) is 5.92 Å². The molecule has 0 heterocycles. The second-order valence-electron chi connectivity index (χ2n) is 4.64. The Balaban J connectivity index is 2.87. The Morgan fingerprint density at radius 3 is 2.53 bits per heavy atom. The van der Waals surface area contributed by atoms with Crippen molar-refractivity contribution < 1.29 is 19.1 Å². The van der Waals surface area contributed by atoms with Crippen LogP contribution in [0.5, 0.6) is 0 Å². The number of halogens is 1. The molecule has 0 aliphatic carbocycles. The van der Waals surface area contributed by atoms with Gasteiger partial charge in [-0.1, -0.05) is 20.3 Å². The van der Waals surface area contributed by atoms with Crippen molar-refractivity contribution in [1.82, 2.24) is 5.32 Å². The summed E-state index contributed by atoms with van der Waals surface area (Å²) in [7, 11) is 0. The fraction of sp³-hybridized carbons (Fsp3) is 0.429. The van der Waals surface area contributed by atoms with E-state index in [1.807, 2.05) is 6.92 Å². The molecule has 5 heteroatoms. The number of benzene rings is 1. The second-order valence-corrected chi connectivity index (χ2v) is 4.64. The summed E-state index contributed by atoms with van der Waals surface area (Å²) in [6, 6.07) is 3.00. The molecule has 2 N–H and O–H groups in total. The number of carboxylic acid groups (broad SMARTS) is 1. The molecule has 104 valence electrons. The highest BCUT2D eigenvalue weighted by Gasteiger charge is 2.25. The number of carbonyl (C=O) groups is 2. The SMILES string of the molecule is CC[C@H](C)[C@H](NC(=O)c1ccc(F)c(C)c1)C(=O)O. The molecule has 2 atom stereocenters. The number of rotatable bonds is 5. The van der Waals surface area contributed by atoms with Crippen LogP contribution in [0, 0.1) is 18.7 Å². The Bertz CT molecular complexity index is 488. The molecule has 0 spiro atoms. The lowest BCUT2D eigenvalue weighted by Gasteiger charge is -2.20. The van der Waals surface area contributed by atoms with Gasteiger partial charge in [0.15, 0.2) is 0 Å². The van der Waals surface area contributed by atoms with E-state index in [0.717, 1.165) is 0 Å². The molecule has 0 aromatic heterocycles. The summed E-state index contributed by atoms with van der Waals surface area (Å²) >= 11 is 0. The summed E-state index contributed by atoms with van der Waals surface area (Å²) < 4.78 is 13.1. The first-order valence-corrected chi connectivity index (χ1v) is 6.16. The Labute approximate surface area is 111 Å². The highest BCUT2D eigenvalue weighted by atomic mass is 19.1. The number of amides is 1.